The number of nitrogens with zero attached hydrogens (tertiary/aromatic N) is 1. The minimum absolute atomic E-state index is 0.178. The molecule has 1 fully saturated rings. The molecule has 1 aromatic heterocycles. The van der Waals surface area contributed by atoms with Crippen molar-refractivity contribution in [3.63, 3.8) is 0 Å². The first kappa shape index (κ1) is 13.9. The van der Waals surface area contributed by atoms with Crippen LogP contribution < -0.4 is 11.2 Å². The van der Waals surface area contributed by atoms with E-state index in [2.05, 4.69) is 0 Å². The van der Waals surface area contributed by atoms with E-state index in [1.165, 1.54) is 0 Å². The van der Waals surface area contributed by atoms with E-state index < -0.39 is 48.2 Å². The highest BCUT2D eigenvalue weighted by atomic mass is 19.1. The minimum atomic E-state index is -1.30. The molecule has 19 heavy (non-hydrogen) atoms. The molecule has 1 saturated heterocycles. The maximum atomic E-state index is 13.1. The van der Waals surface area contributed by atoms with Crippen molar-refractivity contribution in [1.82, 2.24) is 9.55 Å². The molecule has 8 nitrogen and oxygen atoms in total. The van der Waals surface area contributed by atoms with Gasteiger partial charge in [0, 0.05) is 6.42 Å². The molecule has 0 bridgehead atoms. The minimum Gasteiger partial charge on any atom is -0.394 e. The Morgan fingerprint density at radius 2 is 2.16 bits per heavy atom. The monoisotopic (exact) mass is 276 g/mol. The molecule has 4 N–H and O–H groups in total. The van der Waals surface area contributed by atoms with E-state index >= 15 is 0 Å². The second-order valence-corrected chi connectivity index (χ2v) is 4.25. The van der Waals surface area contributed by atoms with Crippen LogP contribution in [0.5, 0.6) is 0 Å². The maximum absolute atomic E-state index is 13.1. The zero-order valence-corrected chi connectivity index (χ0v) is 9.69. The zero-order valence-electron chi connectivity index (χ0n) is 9.69. The number of nitrogens with one attached hydrogen (secondary N) is 1. The molecule has 0 aromatic carbocycles. The summed E-state index contributed by atoms with van der Waals surface area (Å²) in [4.78, 5) is 24.2. The van der Waals surface area contributed by atoms with Crippen LogP contribution in [0.25, 0.3) is 0 Å². The normalized spacial score (nSPS) is 31.4. The predicted octanol–water partition coefficient (Wildman–Crippen LogP) is -2.32. The first-order chi connectivity index (χ1) is 8.93. The third-order valence-corrected chi connectivity index (χ3v) is 2.96. The summed E-state index contributed by atoms with van der Waals surface area (Å²) in [5.74, 6) is -1.18. The highest BCUT2D eigenvalue weighted by molar-refractivity contribution is 4.91. The van der Waals surface area contributed by atoms with E-state index in [4.69, 9.17) is 9.84 Å². The topological polar surface area (TPSA) is 125 Å². The number of aromatic nitrogens is 2. The molecular weight excluding hydrogens is 263 g/mol. The number of aliphatic hydroxyl groups excluding tert-OH is 3. The highest BCUT2D eigenvalue weighted by Crippen LogP contribution is 2.26. The lowest BCUT2D eigenvalue weighted by molar-refractivity contribution is -0.202. The summed E-state index contributed by atoms with van der Waals surface area (Å²) in [6.45, 7) is -0.574. The smallest absolute Gasteiger partial charge is 0.330 e. The van der Waals surface area contributed by atoms with Crippen LogP contribution in [0.4, 0.5) is 4.39 Å². The Hall–Kier alpha value is -1.55. The van der Waals surface area contributed by atoms with Crippen LogP contribution in [0.15, 0.2) is 15.8 Å². The van der Waals surface area contributed by atoms with E-state index in [0.717, 1.165) is 4.57 Å². The highest BCUT2D eigenvalue weighted by Gasteiger charge is 2.37. The second kappa shape index (κ2) is 5.21. The van der Waals surface area contributed by atoms with Crippen molar-refractivity contribution in [2.45, 2.75) is 31.0 Å². The van der Waals surface area contributed by atoms with Gasteiger partial charge in [-0.3, -0.25) is 14.3 Å². The molecule has 0 spiro atoms. The van der Waals surface area contributed by atoms with Crippen molar-refractivity contribution >= 4 is 0 Å². The van der Waals surface area contributed by atoms with E-state index in [0.29, 0.717) is 6.20 Å². The van der Waals surface area contributed by atoms with E-state index in [9.17, 15) is 24.2 Å². The molecule has 1 aromatic rings. The van der Waals surface area contributed by atoms with Crippen molar-refractivity contribution in [3.8, 4) is 0 Å². The first-order valence-electron chi connectivity index (χ1n) is 5.57. The number of hydrogen-bond donors (Lipinski definition) is 4. The molecule has 0 amide bonds. The van der Waals surface area contributed by atoms with Crippen molar-refractivity contribution < 1.29 is 24.4 Å². The SMILES string of the molecule is O=c1[nH]c(=O)n(C2C[C@H](O)[C@@H](O)[C@@H](CO)O2)cc1F. The summed E-state index contributed by atoms with van der Waals surface area (Å²) < 4.78 is 19.1. The molecule has 0 radical (unpaired) electrons. The van der Waals surface area contributed by atoms with Crippen molar-refractivity contribution in [3.05, 3.63) is 32.9 Å². The number of aromatic amines is 1. The van der Waals surface area contributed by atoms with Gasteiger partial charge in [0.2, 0.25) is 5.82 Å². The van der Waals surface area contributed by atoms with Gasteiger partial charge in [-0.2, -0.15) is 4.39 Å². The number of rotatable bonds is 2. The standard InChI is InChI=1S/C10H13FN2O6/c11-4-2-13(10(18)12-9(4)17)7-1-5(15)8(16)6(3-14)19-7/h2,5-8,14-16H,1,3H2,(H,12,17,18)/t5-,6+,7?,8+/m0/s1. The molecule has 2 heterocycles. The Kier molecular flexibility index (Phi) is 3.80. The van der Waals surface area contributed by atoms with Crippen LogP contribution in [-0.2, 0) is 4.74 Å². The molecule has 1 unspecified atom stereocenters. The fourth-order valence-corrected chi connectivity index (χ4v) is 1.94. The molecule has 106 valence electrons. The second-order valence-electron chi connectivity index (χ2n) is 4.25. The Balaban J connectivity index is 2.35. The molecule has 0 saturated carbocycles. The molecule has 1 aliphatic rings. The van der Waals surface area contributed by atoms with Gasteiger partial charge in [0.25, 0.3) is 5.56 Å². The van der Waals surface area contributed by atoms with Crippen LogP contribution in [0, 0.1) is 5.82 Å². The largest absolute Gasteiger partial charge is 0.394 e. The number of ether oxygens (including phenoxy) is 1. The van der Waals surface area contributed by atoms with E-state index in [1.54, 1.807) is 4.98 Å². The van der Waals surface area contributed by atoms with Gasteiger partial charge in [-0.25, -0.2) is 4.79 Å². The fourth-order valence-electron chi connectivity index (χ4n) is 1.94. The fraction of sp³-hybridized carbons (Fsp3) is 0.600. The van der Waals surface area contributed by atoms with Crippen molar-refractivity contribution in [2.24, 2.45) is 0 Å². The zero-order chi connectivity index (χ0) is 14.2. The Bertz CT molecular complexity index is 570. The average Bonchev–Trinajstić information content (AvgIpc) is 2.37. The van der Waals surface area contributed by atoms with E-state index in [-0.39, 0.29) is 6.42 Å². The third-order valence-electron chi connectivity index (χ3n) is 2.96. The van der Waals surface area contributed by atoms with Gasteiger partial charge in [-0.15, -0.1) is 0 Å². The first-order valence-corrected chi connectivity index (χ1v) is 5.57. The molecule has 2 rings (SSSR count). The Morgan fingerprint density at radius 1 is 1.47 bits per heavy atom. The van der Waals surface area contributed by atoms with E-state index in [1.807, 2.05) is 0 Å². The summed E-state index contributed by atoms with van der Waals surface area (Å²) in [5.41, 5.74) is -2.06. The van der Waals surface area contributed by atoms with Gasteiger partial charge < -0.3 is 20.1 Å². The molecule has 9 heteroatoms. The van der Waals surface area contributed by atoms with Gasteiger partial charge >= 0.3 is 5.69 Å². The lowest BCUT2D eigenvalue weighted by Gasteiger charge is -2.36. The van der Waals surface area contributed by atoms with Crippen LogP contribution >= 0.6 is 0 Å². The number of H-pyrrole nitrogens is 1. The van der Waals surface area contributed by atoms with Gasteiger partial charge in [0.15, 0.2) is 0 Å². The maximum Gasteiger partial charge on any atom is 0.330 e. The number of aliphatic hydroxyl groups is 3. The summed E-state index contributed by atoms with van der Waals surface area (Å²) >= 11 is 0. The molecule has 4 atom stereocenters. The third kappa shape index (κ3) is 2.59. The van der Waals surface area contributed by atoms with Gasteiger partial charge in [-0.1, -0.05) is 0 Å². The summed E-state index contributed by atoms with van der Waals surface area (Å²) in [6, 6.07) is 0. The molecular formula is C10H13FN2O6. The Morgan fingerprint density at radius 3 is 2.79 bits per heavy atom. The summed E-state index contributed by atoms with van der Waals surface area (Å²) in [6.07, 6.45) is -4.25. The lowest BCUT2D eigenvalue weighted by atomic mass is 10.0. The molecule has 0 aliphatic carbocycles. The summed E-state index contributed by atoms with van der Waals surface area (Å²) in [7, 11) is 0. The van der Waals surface area contributed by atoms with Crippen LogP contribution in [0.3, 0.4) is 0 Å². The van der Waals surface area contributed by atoms with Gasteiger partial charge in [0.1, 0.15) is 18.4 Å². The molecule has 1 aliphatic heterocycles. The number of halogens is 1. The van der Waals surface area contributed by atoms with Crippen LogP contribution in [0.2, 0.25) is 0 Å². The van der Waals surface area contributed by atoms with Crippen LogP contribution in [0.1, 0.15) is 12.6 Å². The lowest BCUT2D eigenvalue weighted by Crippen LogP contribution is -2.50. The number of hydrogen-bond acceptors (Lipinski definition) is 6. The van der Waals surface area contributed by atoms with Crippen molar-refractivity contribution in [2.75, 3.05) is 6.61 Å². The average molecular weight is 276 g/mol. The predicted molar refractivity (Wildman–Crippen MR) is 58.9 cm³/mol. The quantitative estimate of drug-likeness (QED) is 0.480. The van der Waals surface area contributed by atoms with Crippen LogP contribution in [-0.4, -0.2) is 49.8 Å². The van der Waals surface area contributed by atoms with Gasteiger partial charge in [-0.05, 0) is 0 Å². The van der Waals surface area contributed by atoms with Gasteiger partial charge in [0.05, 0.1) is 18.9 Å². The summed E-state index contributed by atoms with van der Waals surface area (Å²) in [5, 5.41) is 28.1. The van der Waals surface area contributed by atoms with Crippen molar-refractivity contribution in [1.29, 1.82) is 0 Å². The Labute approximate surface area is 105 Å².